The van der Waals surface area contributed by atoms with Crippen molar-refractivity contribution >= 4 is 16.1 Å². The average Bonchev–Trinajstić information content (AvgIpc) is 2.65. The Bertz CT molecular complexity index is 398. The number of esters is 1. The van der Waals surface area contributed by atoms with Crippen molar-refractivity contribution < 1.29 is 31.3 Å². The lowest BCUT2D eigenvalue weighted by Gasteiger charge is -2.30. The van der Waals surface area contributed by atoms with E-state index in [1.807, 2.05) is 0 Å². The summed E-state index contributed by atoms with van der Waals surface area (Å²) in [5.74, 6) is -2.27. The topological polar surface area (TPSA) is 83.5 Å². The zero-order chi connectivity index (χ0) is 13.3. The van der Waals surface area contributed by atoms with Gasteiger partial charge >= 0.3 is 11.2 Å². The first-order chi connectivity index (χ1) is 7.65. The van der Waals surface area contributed by atoms with Crippen molar-refractivity contribution in [3.05, 3.63) is 0 Å². The van der Waals surface area contributed by atoms with Crippen LogP contribution in [-0.4, -0.2) is 29.8 Å². The van der Waals surface area contributed by atoms with Gasteiger partial charge in [-0.3, -0.25) is 0 Å². The Labute approximate surface area is 97.9 Å². The molecule has 0 amide bonds. The van der Waals surface area contributed by atoms with E-state index in [4.69, 9.17) is 0 Å². The zero-order valence-electron chi connectivity index (χ0n) is 9.24. The molecule has 0 unspecified atom stereocenters. The van der Waals surface area contributed by atoms with Crippen LogP contribution in [0.2, 0.25) is 0 Å². The van der Waals surface area contributed by atoms with Crippen molar-refractivity contribution in [1.82, 2.24) is 0 Å². The SMILES string of the molecule is CCC1(OC(=O)C(F)(F)S(=O)(=O)[O-])CCCC1. The summed E-state index contributed by atoms with van der Waals surface area (Å²) in [6.07, 6.45) is 2.57. The standard InChI is InChI=1S/C9H14F2O5S/c1-2-8(5-3-4-6-8)16-7(12)9(10,11)17(13,14)15/h2-6H2,1H3,(H,13,14,15)/p-1. The van der Waals surface area contributed by atoms with Crippen LogP contribution in [0.3, 0.4) is 0 Å². The lowest BCUT2D eigenvalue weighted by atomic mass is 9.99. The van der Waals surface area contributed by atoms with E-state index in [9.17, 15) is 26.5 Å². The number of carbonyl (C=O) groups excluding carboxylic acids is 1. The van der Waals surface area contributed by atoms with Crippen molar-refractivity contribution in [3.63, 3.8) is 0 Å². The molecule has 0 radical (unpaired) electrons. The fourth-order valence-corrected chi connectivity index (χ4v) is 2.15. The maximum Gasteiger partial charge on any atom is 0.428 e. The second-order valence-corrected chi connectivity index (χ2v) is 5.53. The molecule has 0 aromatic rings. The van der Waals surface area contributed by atoms with Gasteiger partial charge in [-0.2, -0.15) is 8.78 Å². The summed E-state index contributed by atoms with van der Waals surface area (Å²) in [5, 5.41) is -5.02. The Morgan fingerprint density at radius 2 is 1.88 bits per heavy atom. The minimum atomic E-state index is -6.04. The molecule has 0 saturated heterocycles. The maximum absolute atomic E-state index is 12.9. The fraction of sp³-hybridized carbons (Fsp3) is 0.889. The molecule has 8 heteroatoms. The summed E-state index contributed by atoms with van der Waals surface area (Å²) in [6, 6.07) is 0. The third-order valence-corrected chi connectivity index (χ3v) is 3.81. The number of alkyl halides is 2. The second kappa shape index (κ2) is 4.49. The average molecular weight is 271 g/mol. The van der Waals surface area contributed by atoms with Gasteiger partial charge in [0.25, 0.3) is 0 Å². The van der Waals surface area contributed by atoms with Crippen LogP contribution < -0.4 is 0 Å². The molecule has 0 bridgehead atoms. The second-order valence-electron chi connectivity index (χ2n) is 4.10. The molecule has 5 nitrogen and oxygen atoms in total. The molecule has 0 aromatic heterocycles. The highest BCUT2D eigenvalue weighted by Crippen LogP contribution is 2.38. The Kier molecular flexibility index (Phi) is 3.78. The van der Waals surface area contributed by atoms with Gasteiger partial charge in [0.2, 0.25) is 0 Å². The van der Waals surface area contributed by atoms with Crippen LogP contribution in [0, 0.1) is 0 Å². The Balaban J connectivity index is 2.85. The molecule has 1 saturated carbocycles. The molecule has 1 aliphatic rings. The van der Waals surface area contributed by atoms with Crippen LogP contribution in [0.25, 0.3) is 0 Å². The minimum Gasteiger partial charge on any atom is -0.743 e. The van der Waals surface area contributed by atoms with Crippen LogP contribution in [0.4, 0.5) is 8.78 Å². The molecule has 0 atom stereocenters. The normalized spacial score (nSPS) is 20.2. The van der Waals surface area contributed by atoms with Gasteiger partial charge in [0.05, 0.1) is 0 Å². The highest BCUT2D eigenvalue weighted by molar-refractivity contribution is 7.87. The van der Waals surface area contributed by atoms with E-state index in [-0.39, 0.29) is 0 Å². The van der Waals surface area contributed by atoms with Crippen molar-refractivity contribution in [2.75, 3.05) is 0 Å². The molecule has 0 heterocycles. The number of halogens is 2. The minimum absolute atomic E-state index is 0.313. The van der Waals surface area contributed by atoms with Gasteiger partial charge in [0.15, 0.2) is 10.1 Å². The van der Waals surface area contributed by atoms with Gasteiger partial charge < -0.3 is 9.29 Å². The first-order valence-electron chi connectivity index (χ1n) is 5.21. The van der Waals surface area contributed by atoms with E-state index >= 15 is 0 Å². The molecule has 0 spiro atoms. The van der Waals surface area contributed by atoms with Gasteiger partial charge in [-0.15, -0.1) is 0 Å². The van der Waals surface area contributed by atoms with E-state index in [1.54, 1.807) is 6.92 Å². The van der Waals surface area contributed by atoms with E-state index in [2.05, 4.69) is 4.74 Å². The smallest absolute Gasteiger partial charge is 0.428 e. The first-order valence-corrected chi connectivity index (χ1v) is 6.62. The maximum atomic E-state index is 12.9. The third-order valence-electron chi connectivity index (χ3n) is 3.02. The molecule has 1 aliphatic carbocycles. The van der Waals surface area contributed by atoms with Crippen LogP contribution in [0.15, 0.2) is 0 Å². The lowest BCUT2D eigenvalue weighted by molar-refractivity contribution is -0.177. The molecule has 100 valence electrons. The molecule has 0 aromatic carbocycles. The predicted molar refractivity (Wildman–Crippen MR) is 52.2 cm³/mol. The van der Waals surface area contributed by atoms with Crippen LogP contribution in [0.5, 0.6) is 0 Å². The summed E-state index contributed by atoms with van der Waals surface area (Å²) >= 11 is 0. The first kappa shape index (κ1) is 14.3. The van der Waals surface area contributed by atoms with E-state index in [1.165, 1.54) is 0 Å². The summed E-state index contributed by atoms with van der Waals surface area (Å²) in [7, 11) is -6.04. The highest BCUT2D eigenvalue weighted by Gasteiger charge is 2.51. The highest BCUT2D eigenvalue weighted by atomic mass is 32.2. The Morgan fingerprint density at radius 3 is 2.24 bits per heavy atom. The van der Waals surface area contributed by atoms with Crippen molar-refractivity contribution in [3.8, 4) is 0 Å². The Hall–Kier alpha value is -0.760. The van der Waals surface area contributed by atoms with Crippen molar-refractivity contribution in [1.29, 1.82) is 0 Å². The lowest BCUT2D eigenvalue weighted by Crippen LogP contribution is -2.44. The van der Waals surface area contributed by atoms with E-state index < -0.39 is 26.9 Å². The van der Waals surface area contributed by atoms with E-state index in [0.29, 0.717) is 19.3 Å². The van der Waals surface area contributed by atoms with Crippen molar-refractivity contribution in [2.24, 2.45) is 0 Å². The fourth-order valence-electron chi connectivity index (χ4n) is 1.91. The van der Waals surface area contributed by atoms with Gasteiger partial charge in [-0.1, -0.05) is 6.92 Å². The van der Waals surface area contributed by atoms with Crippen LogP contribution >= 0.6 is 0 Å². The largest absolute Gasteiger partial charge is 0.743 e. The summed E-state index contributed by atoms with van der Waals surface area (Å²) < 4.78 is 61.2. The van der Waals surface area contributed by atoms with Gasteiger partial charge in [-0.25, -0.2) is 13.2 Å². The summed E-state index contributed by atoms with van der Waals surface area (Å²) in [5.41, 5.74) is -1.05. The zero-order valence-corrected chi connectivity index (χ0v) is 10.1. The molecule has 1 fully saturated rings. The quantitative estimate of drug-likeness (QED) is 0.570. The molecule has 0 N–H and O–H groups in total. The number of hydrogen-bond donors (Lipinski definition) is 0. The third kappa shape index (κ3) is 2.74. The van der Waals surface area contributed by atoms with Crippen LogP contribution in [0.1, 0.15) is 39.0 Å². The van der Waals surface area contributed by atoms with E-state index in [0.717, 1.165) is 12.8 Å². The number of ether oxygens (including phenoxy) is 1. The monoisotopic (exact) mass is 271 g/mol. The number of carbonyl (C=O) groups is 1. The van der Waals surface area contributed by atoms with Gasteiger partial charge in [-0.05, 0) is 32.1 Å². The predicted octanol–water partition coefficient (Wildman–Crippen LogP) is 1.39. The molecule has 1 rings (SSSR count). The van der Waals surface area contributed by atoms with Crippen molar-refractivity contribution in [2.45, 2.75) is 49.9 Å². The summed E-state index contributed by atoms with van der Waals surface area (Å²) in [4.78, 5) is 11.1. The van der Waals surface area contributed by atoms with Gasteiger partial charge in [0, 0.05) is 0 Å². The molecule has 0 aliphatic heterocycles. The molecule has 17 heavy (non-hydrogen) atoms. The van der Waals surface area contributed by atoms with Crippen LogP contribution in [-0.2, 0) is 19.6 Å². The molecular formula is C9H13F2O5S-. The summed E-state index contributed by atoms with van der Waals surface area (Å²) in [6.45, 7) is 1.66. The Morgan fingerprint density at radius 1 is 1.41 bits per heavy atom. The number of rotatable bonds is 4. The number of hydrogen-bond acceptors (Lipinski definition) is 5. The van der Waals surface area contributed by atoms with Gasteiger partial charge in [0.1, 0.15) is 5.60 Å². The molecular weight excluding hydrogens is 258 g/mol.